The average Bonchev–Trinajstić information content (AvgIpc) is 2.46. The molecule has 0 aliphatic rings. The van der Waals surface area contributed by atoms with Gasteiger partial charge in [-0.25, -0.2) is 0 Å². The van der Waals surface area contributed by atoms with Gasteiger partial charge in [-0.05, 0) is 41.1 Å². The molecular weight excluding hydrogens is 268 g/mol. The summed E-state index contributed by atoms with van der Waals surface area (Å²) in [5, 5.41) is 2.92. The first kappa shape index (κ1) is 13.1. The van der Waals surface area contributed by atoms with Crippen molar-refractivity contribution >= 4 is 22.4 Å². The van der Waals surface area contributed by atoms with Crippen molar-refractivity contribution in [1.29, 1.82) is 0 Å². The molecule has 3 rings (SSSR count). The first-order valence-corrected chi connectivity index (χ1v) is 6.89. The number of hydrogen-bond donors (Lipinski definition) is 1. The number of aromatic nitrogens is 1. The zero-order chi connectivity index (χ0) is 14.1. The maximum absolute atomic E-state index is 6.43. The zero-order valence-electron chi connectivity index (χ0n) is 11.2. The van der Waals surface area contributed by atoms with Crippen LogP contribution in [-0.4, -0.2) is 4.98 Å². The molecule has 0 aliphatic carbocycles. The van der Waals surface area contributed by atoms with Gasteiger partial charge in [0.05, 0.1) is 6.04 Å². The molecule has 3 aromatic rings. The van der Waals surface area contributed by atoms with Crippen molar-refractivity contribution in [2.45, 2.75) is 13.0 Å². The van der Waals surface area contributed by atoms with Crippen LogP contribution in [0.15, 0.2) is 54.9 Å². The van der Waals surface area contributed by atoms with Gasteiger partial charge in [0, 0.05) is 22.8 Å². The molecule has 2 nitrogen and oxygen atoms in total. The number of rotatable bonds is 2. The lowest BCUT2D eigenvalue weighted by atomic mass is 9.94. The Bertz CT molecular complexity index is 763. The third-order valence-corrected chi connectivity index (χ3v) is 3.87. The summed E-state index contributed by atoms with van der Waals surface area (Å²) in [6.45, 7) is 2.02. The Hall–Kier alpha value is -1.90. The van der Waals surface area contributed by atoms with Gasteiger partial charge in [0.15, 0.2) is 0 Å². The average molecular weight is 283 g/mol. The van der Waals surface area contributed by atoms with E-state index in [4.69, 9.17) is 17.3 Å². The summed E-state index contributed by atoms with van der Waals surface area (Å²) in [4.78, 5) is 4.15. The number of fused-ring (bicyclic) bond motifs is 1. The predicted octanol–water partition coefficient (Wildman–Crippen LogP) is 4.24. The van der Waals surface area contributed by atoms with Crippen LogP contribution in [0.5, 0.6) is 0 Å². The molecule has 1 unspecified atom stereocenters. The highest BCUT2D eigenvalue weighted by Crippen LogP contribution is 2.31. The van der Waals surface area contributed by atoms with E-state index in [0.717, 1.165) is 27.5 Å². The normalized spacial score (nSPS) is 12.6. The Balaban J connectivity index is 2.15. The van der Waals surface area contributed by atoms with Gasteiger partial charge in [0.1, 0.15) is 0 Å². The number of benzene rings is 2. The van der Waals surface area contributed by atoms with Gasteiger partial charge in [0.2, 0.25) is 0 Å². The number of nitrogens with zero attached hydrogens (tertiary/aromatic N) is 1. The van der Waals surface area contributed by atoms with E-state index < -0.39 is 0 Å². The molecule has 0 aliphatic heterocycles. The van der Waals surface area contributed by atoms with Crippen LogP contribution in [0.3, 0.4) is 0 Å². The van der Waals surface area contributed by atoms with Crippen LogP contribution < -0.4 is 5.73 Å². The van der Waals surface area contributed by atoms with Crippen LogP contribution in [0.25, 0.3) is 10.8 Å². The highest BCUT2D eigenvalue weighted by Gasteiger charge is 2.14. The minimum atomic E-state index is -0.241. The minimum Gasteiger partial charge on any atom is -0.320 e. The molecule has 0 fully saturated rings. The summed E-state index contributed by atoms with van der Waals surface area (Å²) in [5.41, 5.74) is 9.57. The van der Waals surface area contributed by atoms with E-state index in [2.05, 4.69) is 4.98 Å². The van der Waals surface area contributed by atoms with Crippen molar-refractivity contribution in [3.8, 4) is 0 Å². The van der Waals surface area contributed by atoms with E-state index in [1.807, 2.05) is 55.6 Å². The molecular formula is C17H15ClN2. The van der Waals surface area contributed by atoms with E-state index >= 15 is 0 Å². The van der Waals surface area contributed by atoms with Crippen molar-refractivity contribution in [3.63, 3.8) is 0 Å². The fourth-order valence-corrected chi connectivity index (χ4v) is 2.82. The molecule has 0 spiro atoms. The van der Waals surface area contributed by atoms with Crippen LogP contribution in [0, 0.1) is 6.92 Å². The fourth-order valence-electron chi connectivity index (χ4n) is 2.47. The molecule has 0 saturated heterocycles. The standard InChI is InChI=1S/C17H15ClN2/c1-11-5-6-15(16(18)9-11)17(19)14-4-2-3-12-10-20-8-7-13(12)14/h2-10,17H,19H2,1H3. The smallest absolute Gasteiger partial charge is 0.0572 e. The third kappa shape index (κ3) is 2.28. The monoisotopic (exact) mass is 282 g/mol. The summed E-state index contributed by atoms with van der Waals surface area (Å²) < 4.78 is 0. The first-order chi connectivity index (χ1) is 9.66. The van der Waals surface area contributed by atoms with Crippen LogP contribution >= 0.6 is 11.6 Å². The summed E-state index contributed by atoms with van der Waals surface area (Å²) >= 11 is 6.33. The summed E-state index contributed by atoms with van der Waals surface area (Å²) in [5.74, 6) is 0. The SMILES string of the molecule is Cc1ccc(C(N)c2cccc3cnccc23)c(Cl)c1. The Morgan fingerprint density at radius 3 is 2.75 bits per heavy atom. The molecule has 1 atom stereocenters. The molecule has 1 aromatic heterocycles. The molecule has 0 bridgehead atoms. The number of hydrogen-bond acceptors (Lipinski definition) is 2. The highest BCUT2D eigenvalue weighted by atomic mass is 35.5. The second kappa shape index (κ2) is 5.23. The van der Waals surface area contributed by atoms with Gasteiger partial charge in [-0.1, -0.05) is 41.9 Å². The molecule has 20 heavy (non-hydrogen) atoms. The lowest BCUT2D eigenvalue weighted by molar-refractivity contribution is 0.880. The molecule has 2 N–H and O–H groups in total. The van der Waals surface area contributed by atoms with Crippen LogP contribution in [-0.2, 0) is 0 Å². The molecule has 0 radical (unpaired) electrons. The zero-order valence-corrected chi connectivity index (χ0v) is 11.9. The lowest BCUT2D eigenvalue weighted by Gasteiger charge is -2.17. The quantitative estimate of drug-likeness (QED) is 0.763. The van der Waals surface area contributed by atoms with E-state index in [-0.39, 0.29) is 6.04 Å². The number of halogens is 1. The molecule has 0 amide bonds. The first-order valence-electron chi connectivity index (χ1n) is 6.51. The second-order valence-electron chi connectivity index (χ2n) is 4.95. The Morgan fingerprint density at radius 1 is 1.10 bits per heavy atom. The number of pyridine rings is 1. The summed E-state index contributed by atoms with van der Waals surface area (Å²) in [7, 11) is 0. The molecule has 2 aromatic carbocycles. The van der Waals surface area contributed by atoms with E-state index in [1.165, 1.54) is 0 Å². The fraction of sp³-hybridized carbons (Fsp3) is 0.118. The molecule has 3 heteroatoms. The van der Waals surface area contributed by atoms with E-state index in [0.29, 0.717) is 5.02 Å². The Kier molecular flexibility index (Phi) is 3.43. The van der Waals surface area contributed by atoms with Gasteiger partial charge >= 0.3 is 0 Å². The maximum Gasteiger partial charge on any atom is 0.0572 e. The minimum absolute atomic E-state index is 0.241. The Labute approximate surface area is 123 Å². The van der Waals surface area contributed by atoms with Crippen molar-refractivity contribution in [3.05, 3.63) is 76.6 Å². The number of nitrogens with two attached hydrogens (primary N) is 1. The van der Waals surface area contributed by atoms with Gasteiger partial charge < -0.3 is 5.73 Å². The maximum atomic E-state index is 6.43. The van der Waals surface area contributed by atoms with Crippen LogP contribution in [0.2, 0.25) is 5.02 Å². The topological polar surface area (TPSA) is 38.9 Å². The lowest BCUT2D eigenvalue weighted by Crippen LogP contribution is -2.13. The van der Waals surface area contributed by atoms with Crippen molar-refractivity contribution in [1.82, 2.24) is 4.98 Å². The molecule has 100 valence electrons. The highest BCUT2D eigenvalue weighted by molar-refractivity contribution is 6.31. The largest absolute Gasteiger partial charge is 0.320 e. The Morgan fingerprint density at radius 2 is 1.95 bits per heavy atom. The van der Waals surface area contributed by atoms with Crippen molar-refractivity contribution in [2.24, 2.45) is 5.73 Å². The predicted molar refractivity (Wildman–Crippen MR) is 84.0 cm³/mol. The van der Waals surface area contributed by atoms with Crippen molar-refractivity contribution < 1.29 is 0 Å². The summed E-state index contributed by atoms with van der Waals surface area (Å²) in [6.07, 6.45) is 3.64. The molecule has 1 heterocycles. The third-order valence-electron chi connectivity index (χ3n) is 3.54. The van der Waals surface area contributed by atoms with Crippen LogP contribution in [0.1, 0.15) is 22.7 Å². The van der Waals surface area contributed by atoms with Crippen LogP contribution in [0.4, 0.5) is 0 Å². The number of aryl methyl sites for hydroxylation is 1. The van der Waals surface area contributed by atoms with Gasteiger partial charge in [-0.3, -0.25) is 4.98 Å². The molecule has 0 saturated carbocycles. The van der Waals surface area contributed by atoms with Gasteiger partial charge in [0.25, 0.3) is 0 Å². The van der Waals surface area contributed by atoms with Gasteiger partial charge in [-0.2, -0.15) is 0 Å². The van der Waals surface area contributed by atoms with E-state index in [1.54, 1.807) is 6.20 Å². The van der Waals surface area contributed by atoms with Gasteiger partial charge in [-0.15, -0.1) is 0 Å². The second-order valence-corrected chi connectivity index (χ2v) is 5.35. The van der Waals surface area contributed by atoms with E-state index in [9.17, 15) is 0 Å². The summed E-state index contributed by atoms with van der Waals surface area (Å²) in [6, 6.07) is 13.8. The van der Waals surface area contributed by atoms with Crippen molar-refractivity contribution in [2.75, 3.05) is 0 Å².